The third-order valence-electron chi connectivity index (χ3n) is 12.6. The molecule has 1 heterocycles. The van der Waals surface area contributed by atoms with Crippen LogP contribution in [-0.2, 0) is 0 Å². The summed E-state index contributed by atoms with van der Waals surface area (Å²) in [6, 6.07) is 91.5. The average Bonchev–Trinajstić information content (AvgIpc) is 3.74. The minimum absolute atomic E-state index is 0.818. The largest absolute Gasteiger partial charge is 0.456 e. The van der Waals surface area contributed by atoms with Crippen LogP contribution in [-0.4, -0.2) is 0 Å². The van der Waals surface area contributed by atoms with E-state index in [1.165, 1.54) is 21.9 Å². The van der Waals surface area contributed by atoms with Crippen LogP contribution < -0.4 is 9.80 Å². The Morgan fingerprint density at radius 3 is 1.54 bits per heavy atom. The van der Waals surface area contributed by atoms with Crippen molar-refractivity contribution in [1.29, 1.82) is 0 Å². The van der Waals surface area contributed by atoms with Gasteiger partial charge in [0.2, 0.25) is 0 Å². The number of hydrogen-bond acceptors (Lipinski definition) is 3. The number of para-hydroxylation sites is 2. The summed E-state index contributed by atoms with van der Waals surface area (Å²) >= 11 is 0. The van der Waals surface area contributed by atoms with E-state index in [-0.39, 0.29) is 0 Å². The molecule has 0 saturated heterocycles. The van der Waals surface area contributed by atoms with Crippen LogP contribution in [0.3, 0.4) is 0 Å². The fourth-order valence-corrected chi connectivity index (χ4v) is 9.51. The van der Waals surface area contributed by atoms with Crippen LogP contribution >= 0.6 is 0 Å². The van der Waals surface area contributed by atoms with Gasteiger partial charge < -0.3 is 14.2 Å². The highest BCUT2D eigenvalue weighted by Crippen LogP contribution is 2.52. The fraction of sp³-hybridized carbons (Fsp3) is 0. The van der Waals surface area contributed by atoms with Gasteiger partial charge in [-0.05, 0) is 134 Å². The van der Waals surface area contributed by atoms with Gasteiger partial charge in [-0.2, -0.15) is 0 Å². The van der Waals surface area contributed by atoms with E-state index in [1.54, 1.807) is 0 Å². The zero-order chi connectivity index (χ0) is 43.1. The lowest BCUT2D eigenvalue weighted by atomic mass is 9.92. The molecule has 3 nitrogen and oxygen atoms in total. The summed E-state index contributed by atoms with van der Waals surface area (Å²) in [4.78, 5) is 4.84. The smallest absolute Gasteiger partial charge is 0.137 e. The number of nitrogens with zero attached hydrogens (tertiary/aromatic N) is 2. The molecule has 1 aromatic heterocycles. The summed E-state index contributed by atoms with van der Waals surface area (Å²) < 4.78 is 6.89. The Labute approximate surface area is 378 Å². The molecule has 0 aliphatic rings. The van der Waals surface area contributed by atoms with E-state index < -0.39 is 0 Å². The fourth-order valence-electron chi connectivity index (χ4n) is 9.51. The van der Waals surface area contributed by atoms with Crippen molar-refractivity contribution in [2.75, 3.05) is 9.80 Å². The summed E-state index contributed by atoms with van der Waals surface area (Å²) in [7, 11) is 0. The molecule has 0 aliphatic carbocycles. The highest BCUT2D eigenvalue weighted by Gasteiger charge is 2.28. The predicted octanol–water partition coefficient (Wildman–Crippen LogP) is 17.8. The Kier molecular flexibility index (Phi) is 9.50. The zero-order valence-electron chi connectivity index (χ0n) is 35.6. The first-order chi connectivity index (χ1) is 32.2. The highest BCUT2D eigenvalue weighted by molar-refractivity contribution is 6.20. The van der Waals surface area contributed by atoms with Crippen molar-refractivity contribution in [3.8, 4) is 33.4 Å². The molecule has 306 valence electrons. The summed E-state index contributed by atoms with van der Waals surface area (Å²) in [6.45, 7) is 0. The molecule has 11 aromatic carbocycles. The van der Waals surface area contributed by atoms with E-state index in [9.17, 15) is 0 Å². The third kappa shape index (κ3) is 6.97. The monoisotopic (exact) mass is 830 g/mol. The van der Waals surface area contributed by atoms with Gasteiger partial charge in [-0.1, -0.05) is 176 Å². The number of hydrogen-bond donors (Lipinski definition) is 0. The number of furan rings is 1. The predicted molar refractivity (Wildman–Crippen MR) is 274 cm³/mol. The van der Waals surface area contributed by atoms with Crippen molar-refractivity contribution in [2.24, 2.45) is 0 Å². The number of rotatable bonds is 9. The summed E-state index contributed by atoms with van der Waals surface area (Å²) in [6.07, 6.45) is 0. The van der Waals surface area contributed by atoms with E-state index in [0.29, 0.717) is 0 Å². The molecule has 0 spiro atoms. The van der Waals surface area contributed by atoms with Crippen LogP contribution in [0.4, 0.5) is 34.1 Å². The summed E-state index contributed by atoms with van der Waals surface area (Å²) in [5.74, 6) is 0. The number of anilines is 6. The second-order valence-electron chi connectivity index (χ2n) is 16.5. The van der Waals surface area contributed by atoms with Gasteiger partial charge in [0.1, 0.15) is 11.2 Å². The maximum atomic E-state index is 6.89. The maximum absolute atomic E-state index is 6.89. The van der Waals surface area contributed by atoms with Gasteiger partial charge in [-0.25, -0.2) is 0 Å². The zero-order valence-corrected chi connectivity index (χ0v) is 35.6. The van der Waals surface area contributed by atoms with E-state index in [2.05, 4.69) is 265 Å². The van der Waals surface area contributed by atoms with Crippen molar-refractivity contribution in [3.05, 3.63) is 255 Å². The van der Waals surface area contributed by atoms with Gasteiger partial charge in [-0.15, -0.1) is 0 Å². The van der Waals surface area contributed by atoms with Gasteiger partial charge in [0.15, 0.2) is 0 Å². The van der Waals surface area contributed by atoms with Gasteiger partial charge >= 0.3 is 0 Å². The third-order valence-corrected chi connectivity index (χ3v) is 12.6. The topological polar surface area (TPSA) is 19.6 Å². The lowest BCUT2D eigenvalue weighted by Gasteiger charge is -2.34. The number of benzene rings is 11. The average molecular weight is 831 g/mol. The van der Waals surface area contributed by atoms with E-state index in [0.717, 1.165) is 89.1 Å². The quantitative estimate of drug-likeness (QED) is 0.144. The Morgan fingerprint density at radius 2 is 0.831 bits per heavy atom. The Morgan fingerprint density at radius 1 is 0.277 bits per heavy atom. The van der Waals surface area contributed by atoms with Gasteiger partial charge in [-0.3, -0.25) is 0 Å². The van der Waals surface area contributed by atoms with Gasteiger partial charge in [0, 0.05) is 28.1 Å². The van der Waals surface area contributed by atoms with Crippen molar-refractivity contribution >= 4 is 77.6 Å². The Bertz CT molecular complexity index is 3660. The maximum Gasteiger partial charge on any atom is 0.137 e. The molecule has 0 saturated carbocycles. The van der Waals surface area contributed by atoms with Crippen molar-refractivity contribution < 1.29 is 4.42 Å². The van der Waals surface area contributed by atoms with Gasteiger partial charge in [0.25, 0.3) is 0 Å². The molecule has 0 bridgehead atoms. The van der Waals surface area contributed by atoms with Crippen LogP contribution in [0, 0.1) is 0 Å². The van der Waals surface area contributed by atoms with Crippen molar-refractivity contribution in [2.45, 2.75) is 0 Å². The standard InChI is InChI=1S/C62H42N2O/c1-5-18-43(19-6-1)47-26-17-31-53(39-47)64(52-29-11-4-12-30-52)62-58(36-37-59-61(62)57-40-48-24-15-16-25-49(48)41-60(57)65-59)63(51-27-9-3-10-28-51)54-34-35-55(56(42-54)45-21-7-2-8-22-45)50-33-32-44-20-13-14-23-46(44)38-50/h1-42H. The first-order valence-corrected chi connectivity index (χ1v) is 22.2. The highest BCUT2D eigenvalue weighted by atomic mass is 16.3. The van der Waals surface area contributed by atoms with E-state index >= 15 is 0 Å². The lowest BCUT2D eigenvalue weighted by Crippen LogP contribution is -2.17. The molecule has 12 aromatic rings. The second kappa shape index (κ2) is 16.2. The van der Waals surface area contributed by atoms with Crippen molar-refractivity contribution in [3.63, 3.8) is 0 Å². The molecule has 0 unspecified atom stereocenters. The van der Waals surface area contributed by atoms with Crippen LogP contribution in [0.2, 0.25) is 0 Å². The van der Waals surface area contributed by atoms with Crippen LogP contribution in [0.15, 0.2) is 259 Å². The summed E-state index contributed by atoms with van der Waals surface area (Å²) in [5, 5.41) is 6.84. The SMILES string of the molecule is c1ccc(-c2cccc(N(c3ccccc3)c3c(N(c4ccccc4)c4ccc(-c5ccc6ccccc6c5)c(-c5ccccc5)c4)ccc4oc5cc6ccccc6cc5c34)c2)cc1. The molecule has 0 amide bonds. The minimum Gasteiger partial charge on any atom is -0.456 e. The molecule has 0 aliphatic heterocycles. The first-order valence-electron chi connectivity index (χ1n) is 22.2. The molecule has 0 N–H and O–H groups in total. The molecule has 3 heteroatoms. The Hall–Kier alpha value is -8.66. The summed E-state index contributed by atoms with van der Waals surface area (Å²) in [5.41, 5.74) is 14.8. The molecule has 0 fully saturated rings. The molecular weight excluding hydrogens is 789 g/mol. The molecular formula is C62H42N2O. The Balaban J connectivity index is 1.17. The normalized spacial score (nSPS) is 11.4. The lowest BCUT2D eigenvalue weighted by molar-refractivity contribution is 0.669. The van der Waals surface area contributed by atoms with Crippen molar-refractivity contribution in [1.82, 2.24) is 0 Å². The van der Waals surface area contributed by atoms with Crippen LogP contribution in [0.25, 0.3) is 76.9 Å². The minimum atomic E-state index is 0.818. The molecule has 0 atom stereocenters. The van der Waals surface area contributed by atoms with E-state index in [4.69, 9.17) is 4.42 Å². The molecule has 65 heavy (non-hydrogen) atoms. The molecule has 12 rings (SSSR count). The van der Waals surface area contributed by atoms with E-state index in [1.807, 2.05) is 0 Å². The van der Waals surface area contributed by atoms with Crippen LogP contribution in [0.5, 0.6) is 0 Å². The first kappa shape index (κ1) is 38.0. The second-order valence-corrected chi connectivity index (χ2v) is 16.5. The molecule has 0 radical (unpaired) electrons. The van der Waals surface area contributed by atoms with Crippen LogP contribution in [0.1, 0.15) is 0 Å². The van der Waals surface area contributed by atoms with Gasteiger partial charge in [0.05, 0.1) is 16.8 Å². The number of fused-ring (bicyclic) bond motifs is 5.